The number of hydrogen-bond donors (Lipinski definition) is 2. The van der Waals surface area contributed by atoms with E-state index < -0.39 is 5.60 Å². The normalized spacial score (nSPS) is 25.6. The van der Waals surface area contributed by atoms with Gasteiger partial charge in [-0.3, -0.25) is 4.98 Å². The smallest absolute Gasteiger partial charge is 0.317 e. The topological polar surface area (TPSA) is 65.5 Å². The Morgan fingerprint density at radius 3 is 2.68 bits per heavy atom. The van der Waals surface area contributed by atoms with E-state index in [0.717, 1.165) is 12.1 Å². The lowest BCUT2D eigenvalue weighted by Crippen LogP contribution is -2.49. The van der Waals surface area contributed by atoms with Crippen molar-refractivity contribution in [3.63, 3.8) is 0 Å². The van der Waals surface area contributed by atoms with Gasteiger partial charge < -0.3 is 15.3 Å². The van der Waals surface area contributed by atoms with Crippen LogP contribution < -0.4 is 5.32 Å². The summed E-state index contributed by atoms with van der Waals surface area (Å²) in [5.41, 5.74) is 0.369. The van der Waals surface area contributed by atoms with Crippen molar-refractivity contribution >= 4 is 6.03 Å². The average Bonchev–Trinajstić information content (AvgIpc) is 3.14. The Labute approximate surface area is 131 Å². The molecule has 0 spiro atoms. The van der Waals surface area contributed by atoms with Crippen LogP contribution in [0.3, 0.4) is 0 Å². The molecule has 2 aliphatic rings. The zero-order valence-corrected chi connectivity index (χ0v) is 13.4. The summed E-state index contributed by atoms with van der Waals surface area (Å²) in [4.78, 5) is 18.1. The van der Waals surface area contributed by atoms with E-state index in [2.05, 4.69) is 24.1 Å². The summed E-state index contributed by atoms with van der Waals surface area (Å²) in [5, 5.41) is 13.8. The van der Waals surface area contributed by atoms with Gasteiger partial charge in [0, 0.05) is 37.6 Å². The number of likely N-dealkylation sites (tertiary alicyclic amines) is 1. The molecular formula is C17H25N3O2. The number of aliphatic hydroxyl groups is 1. The van der Waals surface area contributed by atoms with E-state index in [9.17, 15) is 9.90 Å². The quantitative estimate of drug-likeness (QED) is 0.899. The lowest BCUT2D eigenvalue weighted by atomic mass is 9.85. The molecule has 120 valence electrons. The minimum absolute atomic E-state index is 0.00376. The largest absolute Gasteiger partial charge is 0.385 e. The fraction of sp³-hybridized carbons (Fsp3) is 0.647. The van der Waals surface area contributed by atoms with Gasteiger partial charge in [-0.1, -0.05) is 19.9 Å². The van der Waals surface area contributed by atoms with Crippen LogP contribution in [-0.4, -0.2) is 40.7 Å². The molecule has 1 saturated heterocycles. The van der Waals surface area contributed by atoms with Crippen LogP contribution in [0.4, 0.5) is 4.79 Å². The molecule has 3 rings (SSSR count). The first-order valence-corrected chi connectivity index (χ1v) is 8.06. The van der Waals surface area contributed by atoms with Gasteiger partial charge in [-0.05, 0) is 36.7 Å². The Morgan fingerprint density at radius 2 is 2.14 bits per heavy atom. The van der Waals surface area contributed by atoms with Crippen molar-refractivity contribution in [2.75, 3.05) is 19.6 Å². The molecule has 1 aliphatic heterocycles. The molecule has 22 heavy (non-hydrogen) atoms. The second-order valence-electron chi connectivity index (χ2n) is 7.34. The summed E-state index contributed by atoms with van der Waals surface area (Å²) in [5.74, 6) is 0.605. The molecule has 5 heteroatoms. The van der Waals surface area contributed by atoms with Crippen LogP contribution in [0.1, 0.15) is 38.7 Å². The van der Waals surface area contributed by atoms with Crippen LogP contribution in [0.5, 0.6) is 0 Å². The maximum absolute atomic E-state index is 12.2. The number of carbonyl (C=O) groups excluding carboxylic acids is 1. The third kappa shape index (κ3) is 3.09. The highest BCUT2D eigenvalue weighted by Crippen LogP contribution is 2.51. The summed E-state index contributed by atoms with van der Waals surface area (Å²) in [6.07, 6.45) is 5.72. The summed E-state index contributed by atoms with van der Waals surface area (Å²) >= 11 is 0. The van der Waals surface area contributed by atoms with Gasteiger partial charge in [0.25, 0.3) is 0 Å². The molecule has 1 aromatic heterocycles. The van der Waals surface area contributed by atoms with Crippen molar-refractivity contribution in [1.29, 1.82) is 0 Å². The van der Waals surface area contributed by atoms with Crippen LogP contribution in [0.25, 0.3) is 0 Å². The molecule has 0 unspecified atom stereocenters. The van der Waals surface area contributed by atoms with Gasteiger partial charge in [0.15, 0.2) is 0 Å². The Balaban J connectivity index is 1.50. The summed E-state index contributed by atoms with van der Waals surface area (Å²) in [6, 6.07) is 3.73. The number of nitrogens with one attached hydrogen (secondary N) is 1. The monoisotopic (exact) mass is 303 g/mol. The molecule has 2 amide bonds. The fourth-order valence-electron chi connectivity index (χ4n) is 3.25. The van der Waals surface area contributed by atoms with Gasteiger partial charge in [0.05, 0.1) is 5.60 Å². The maximum Gasteiger partial charge on any atom is 0.317 e. The molecule has 1 aliphatic carbocycles. The predicted octanol–water partition coefficient (Wildman–Crippen LogP) is 2.12. The average molecular weight is 303 g/mol. The van der Waals surface area contributed by atoms with Crippen molar-refractivity contribution in [3.8, 4) is 0 Å². The van der Waals surface area contributed by atoms with Gasteiger partial charge in [-0.2, -0.15) is 0 Å². The molecule has 0 bridgehead atoms. The van der Waals surface area contributed by atoms with Gasteiger partial charge in [-0.15, -0.1) is 0 Å². The molecule has 2 fully saturated rings. The lowest BCUT2D eigenvalue weighted by molar-refractivity contribution is -0.0170. The second-order valence-corrected chi connectivity index (χ2v) is 7.34. The molecule has 2 N–H and O–H groups in total. The van der Waals surface area contributed by atoms with Gasteiger partial charge in [-0.25, -0.2) is 4.79 Å². The molecule has 1 atom stereocenters. The number of hydrogen-bond acceptors (Lipinski definition) is 3. The molecule has 1 aromatic rings. The van der Waals surface area contributed by atoms with Crippen LogP contribution in [0.15, 0.2) is 24.5 Å². The van der Waals surface area contributed by atoms with Gasteiger partial charge in [0.2, 0.25) is 0 Å². The predicted molar refractivity (Wildman–Crippen MR) is 84.2 cm³/mol. The molecule has 0 radical (unpaired) electrons. The first kappa shape index (κ1) is 15.3. The number of amides is 2. The van der Waals surface area contributed by atoms with Gasteiger partial charge >= 0.3 is 6.03 Å². The van der Waals surface area contributed by atoms with E-state index in [4.69, 9.17) is 0 Å². The molecule has 1 saturated carbocycles. The van der Waals surface area contributed by atoms with E-state index >= 15 is 0 Å². The van der Waals surface area contributed by atoms with Crippen molar-refractivity contribution in [2.45, 2.75) is 38.7 Å². The minimum Gasteiger partial charge on any atom is -0.385 e. The number of nitrogens with zero attached hydrogens (tertiary/aromatic N) is 2. The molecular weight excluding hydrogens is 278 g/mol. The van der Waals surface area contributed by atoms with Crippen LogP contribution in [0, 0.1) is 11.3 Å². The van der Waals surface area contributed by atoms with E-state index in [1.54, 1.807) is 17.3 Å². The van der Waals surface area contributed by atoms with E-state index in [0.29, 0.717) is 37.3 Å². The van der Waals surface area contributed by atoms with E-state index in [1.807, 2.05) is 12.1 Å². The van der Waals surface area contributed by atoms with Crippen LogP contribution in [0.2, 0.25) is 0 Å². The van der Waals surface area contributed by atoms with Crippen molar-refractivity contribution in [3.05, 3.63) is 30.1 Å². The van der Waals surface area contributed by atoms with E-state index in [-0.39, 0.29) is 6.03 Å². The molecule has 2 heterocycles. The number of urea groups is 1. The number of carbonyl (C=O) groups is 1. The summed E-state index contributed by atoms with van der Waals surface area (Å²) in [6.45, 7) is 6.38. The minimum atomic E-state index is -0.858. The first-order chi connectivity index (χ1) is 10.4. The Kier molecular flexibility index (Phi) is 3.85. The number of piperidine rings is 1. The van der Waals surface area contributed by atoms with Crippen LogP contribution in [-0.2, 0) is 5.60 Å². The Hall–Kier alpha value is -1.62. The standard InChI is InChI=1S/C17H25N3O2/c1-16(2)10-14(16)12-19-15(21)20-8-5-17(22,6-9-20)13-4-3-7-18-11-13/h3-4,7,11,14,22H,5-6,8-10,12H2,1-2H3,(H,19,21)/t14-/m1/s1. The second kappa shape index (κ2) is 5.54. The zero-order chi connectivity index (χ0) is 15.8. The zero-order valence-electron chi connectivity index (χ0n) is 13.4. The molecule has 0 aromatic carbocycles. The van der Waals surface area contributed by atoms with Crippen molar-refractivity contribution < 1.29 is 9.90 Å². The van der Waals surface area contributed by atoms with Crippen LogP contribution >= 0.6 is 0 Å². The van der Waals surface area contributed by atoms with Crippen molar-refractivity contribution in [2.24, 2.45) is 11.3 Å². The highest BCUT2D eigenvalue weighted by Gasteiger charge is 2.45. The number of aromatic nitrogens is 1. The highest BCUT2D eigenvalue weighted by atomic mass is 16.3. The first-order valence-electron chi connectivity index (χ1n) is 8.06. The SMILES string of the molecule is CC1(C)C[C@@H]1CNC(=O)N1CCC(O)(c2cccnc2)CC1. The molecule has 5 nitrogen and oxygen atoms in total. The number of pyridine rings is 1. The maximum atomic E-state index is 12.2. The third-order valence-corrected chi connectivity index (χ3v) is 5.29. The van der Waals surface area contributed by atoms with Crippen molar-refractivity contribution in [1.82, 2.24) is 15.2 Å². The fourth-order valence-corrected chi connectivity index (χ4v) is 3.25. The number of rotatable bonds is 3. The Morgan fingerprint density at radius 1 is 1.45 bits per heavy atom. The van der Waals surface area contributed by atoms with E-state index in [1.165, 1.54) is 6.42 Å². The summed E-state index contributed by atoms with van der Waals surface area (Å²) in [7, 11) is 0. The summed E-state index contributed by atoms with van der Waals surface area (Å²) < 4.78 is 0. The lowest BCUT2D eigenvalue weighted by Gasteiger charge is -2.38. The van der Waals surface area contributed by atoms with Gasteiger partial charge in [0.1, 0.15) is 0 Å². The Bertz CT molecular complexity index is 536. The highest BCUT2D eigenvalue weighted by molar-refractivity contribution is 5.74. The third-order valence-electron chi connectivity index (χ3n) is 5.29.